The number of methoxy groups -OCH3 is 1. The lowest BCUT2D eigenvalue weighted by Gasteiger charge is -2.27. The number of nitrogens with one attached hydrogen (secondary N) is 1. The molecule has 1 amide bonds. The molecule has 6 heteroatoms. The molecular weight excluding hydrogens is 346 g/mol. The topological polar surface area (TPSA) is 92.7 Å². The molecule has 0 aliphatic rings. The molecule has 0 saturated carbocycles. The second-order valence-electron chi connectivity index (χ2n) is 6.01. The molecule has 2 rings (SSSR count). The molecule has 0 aliphatic heterocycles. The van der Waals surface area contributed by atoms with E-state index in [9.17, 15) is 19.5 Å². The third kappa shape index (κ3) is 4.61. The molecule has 2 aromatic rings. The van der Waals surface area contributed by atoms with Gasteiger partial charge in [0.2, 0.25) is 0 Å². The highest BCUT2D eigenvalue weighted by atomic mass is 16.5. The van der Waals surface area contributed by atoms with Crippen molar-refractivity contribution in [1.29, 1.82) is 0 Å². The maximum atomic E-state index is 12.5. The molecule has 0 aromatic heterocycles. The molecule has 0 spiro atoms. The first kappa shape index (κ1) is 19.9. The molecule has 0 heterocycles. The van der Waals surface area contributed by atoms with Crippen LogP contribution in [-0.2, 0) is 14.3 Å². The molecule has 0 fully saturated rings. The maximum Gasteiger partial charge on any atom is 0.333 e. The van der Waals surface area contributed by atoms with E-state index >= 15 is 0 Å². The van der Waals surface area contributed by atoms with Crippen LogP contribution in [0, 0.1) is 6.92 Å². The first-order chi connectivity index (χ1) is 12.9. The summed E-state index contributed by atoms with van der Waals surface area (Å²) in [5.74, 6) is -3.55. The largest absolute Gasteiger partial charge is 0.480 e. The zero-order chi connectivity index (χ0) is 20.0. The lowest BCUT2D eigenvalue weighted by Crippen LogP contribution is -2.46. The number of carboxylic acid groups (broad SMARTS) is 1. The van der Waals surface area contributed by atoms with Gasteiger partial charge in [0.05, 0.1) is 7.11 Å². The standard InChI is InChI=1S/C21H21NO5/c1-13-9-7-8-12-16(13)17(14(2)21(26)27-3)18(20(24)25)22-19(23)15-10-5-4-6-11-15/h4-12,17-18H,2H2,1,3H3,(H,22,23)(H,24,25)/t17-,18-/m1/s1. The van der Waals surface area contributed by atoms with Gasteiger partial charge in [0.1, 0.15) is 6.04 Å². The Morgan fingerprint density at radius 3 is 2.19 bits per heavy atom. The van der Waals surface area contributed by atoms with Crippen molar-refractivity contribution in [1.82, 2.24) is 5.32 Å². The molecule has 0 saturated heterocycles. The van der Waals surface area contributed by atoms with E-state index in [2.05, 4.69) is 11.9 Å². The fourth-order valence-electron chi connectivity index (χ4n) is 2.86. The summed E-state index contributed by atoms with van der Waals surface area (Å²) in [5, 5.41) is 12.3. The molecular formula is C21H21NO5. The zero-order valence-electron chi connectivity index (χ0n) is 15.1. The van der Waals surface area contributed by atoms with Gasteiger partial charge in [-0.05, 0) is 30.2 Å². The van der Waals surface area contributed by atoms with E-state index in [0.717, 1.165) is 5.56 Å². The number of carbonyl (C=O) groups excluding carboxylic acids is 2. The van der Waals surface area contributed by atoms with Gasteiger partial charge < -0.3 is 15.2 Å². The second kappa shape index (κ2) is 8.80. The minimum atomic E-state index is -1.40. The van der Waals surface area contributed by atoms with E-state index in [0.29, 0.717) is 11.1 Å². The van der Waals surface area contributed by atoms with Crippen molar-refractivity contribution in [2.45, 2.75) is 18.9 Å². The average molecular weight is 367 g/mol. The van der Waals surface area contributed by atoms with Crippen molar-refractivity contribution in [2.75, 3.05) is 7.11 Å². The molecule has 2 aromatic carbocycles. The summed E-state index contributed by atoms with van der Waals surface area (Å²) < 4.78 is 4.73. The van der Waals surface area contributed by atoms with Crippen LogP contribution in [0.15, 0.2) is 66.7 Å². The highest BCUT2D eigenvalue weighted by molar-refractivity contribution is 5.98. The fourth-order valence-corrected chi connectivity index (χ4v) is 2.86. The van der Waals surface area contributed by atoms with Gasteiger partial charge >= 0.3 is 11.9 Å². The Hall–Kier alpha value is -3.41. The molecule has 0 radical (unpaired) electrons. The van der Waals surface area contributed by atoms with Gasteiger partial charge in [-0.2, -0.15) is 0 Å². The molecule has 2 N–H and O–H groups in total. The second-order valence-corrected chi connectivity index (χ2v) is 6.01. The lowest BCUT2D eigenvalue weighted by atomic mass is 9.83. The van der Waals surface area contributed by atoms with Crippen molar-refractivity contribution in [3.63, 3.8) is 0 Å². The van der Waals surface area contributed by atoms with Gasteiger partial charge in [-0.25, -0.2) is 9.59 Å². The third-order valence-electron chi connectivity index (χ3n) is 4.27. The van der Waals surface area contributed by atoms with Gasteiger partial charge in [-0.1, -0.05) is 49.0 Å². The Kier molecular flexibility index (Phi) is 6.49. The van der Waals surface area contributed by atoms with E-state index in [1.807, 2.05) is 0 Å². The number of benzene rings is 2. The van der Waals surface area contributed by atoms with Crippen LogP contribution in [-0.4, -0.2) is 36.1 Å². The number of esters is 1. The minimum Gasteiger partial charge on any atom is -0.480 e. The molecule has 27 heavy (non-hydrogen) atoms. The number of hydrogen-bond acceptors (Lipinski definition) is 4. The number of aliphatic carboxylic acids is 1. The van der Waals surface area contributed by atoms with E-state index in [1.54, 1.807) is 61.5 Å². The van der Waals surface area contributed by atoms with E-state index in [1.165, 1.54) is 7.11 Å². The van der Waals surface area contributed by atoms with Crippen LogP contribution in [0.25, 0.3) is 0 Å². The van der Waals surface area contributed by atoms with Crippen LogP contribution < -0.4 is 5.32 Å². The smallest absolute Gasteiger partial charge is 0.333 e. The van der Waals surface area contributed by atoms with Crippen LogP contribution in [0.1, 0.15) is 27.4 Å². The van der Waals surface area contributed by atoms with Gasteiger partial charge in [-0.3, -0.25) is 4.79 Å². The quantitative estimate of drug-likeness (QED) is 0.580. The molecule has 2 atom stereocenters. The summed E-state index contributed by atoms with van der Waals surface area (Å²) in [6.45, 7) is 5.53. The van der Waals surface area contributed by atoms with Gasteiger partial charge in [0.25, 0.3) is 5.91 Å². The Bertz CT molecular complexity index is 860. The number of hydrogen-bond donors (Lipinski definition) is 2. The van der Waals surface area contributed by atoms with E-state index < -0.39 is 29.8 Å². The Labute approximate surface area is 157 Å². The van der Waals surface area contributed by atoms with E-state index in [4.69, 9.17) is 4.74 Å². The van der Waals surface area contributed by atoms with Gasteiger partial charge in [0.15, 0.2) is 0 Å². The summed E-state index contributed by atoms with van der Waals surface area (Å²) in [7, 11) is 1.20. The van der Waals surface area contributed by atoms with Crippen molar-refractivity contribution in [3.05, 3.63) is 83.4 Å². The monoisotopic (exact) mass is 367 g/mol. The summed E-state index contributed by atoms with van der Waals surface area (Å²) in [5.41, 5.74) is 1.62. The van der Waals surface area contributed by atoms with Crippen LogP contribution in [0.2, 0.25) is 0 Å². The molecule has 0 unspecified atom stereocenters. The molecule has 0 aliphatic carbocycles. The van der Waals surface area contributed by atoms with Gasteiger partial charge in [0, 0.05) is 17.1 Å². The van der Waals surface area contributed by atoms with Crippen LogP contribution in [0.5, 0.6) is 0 Å². The summed E-state index contributed by atoms with van der Waals surface area (Å²) in [6.07, 6.45) is 0. The first-order valence-corrected chi connectivity index (χ1v) is 8.28. The average Bonchev–Trinajstić information content (AvgIpc) is 2.68. The molecule has 0 bridgehead atoms. The normalized spacial score (nSPS) is 12.5. The number of ether oxygens (including phenoxy) is 1. The number of amides is 1. The Morgan fingerprint density at radius 2 is 1.63 bits per heavy atom. The third-order valence-corrected chi connectivity index (χ3v) is 4.27. The summed E-state index contributed by atoms with van der Waals surface area (Å²) in [4.78, 5) is 36.6. The number of carbonyl (C=O) groups is 3. The predicted octanol–water partition coefficient (Wildman–Crippen LogP) is 2.69. The Balaban J connectivity index is 2.47. The lowest BCUT2D eigenvalue weighted by molar-refractivity contribution is -0.140. The number of rotatable bonds is 7. The van der Waals surface area contributed by atoms with Crippen molar-refractivity contribution >= 4 is 17.8 Å². The van der Waals surface area contributed by atoms with Crippen molar-refractivity contribution in [3.8, 4) is 0 Å². The highest BCUT2D eigenvalue weighted by Gasteiger charge is 2.36. The molecule has 140 valence electrons. The zero-order valence-corrected chi connectivity index (χ0v) is 15.1. The fraction of sp³-hybridized carbons (Fsp3) is 0.190. The molecule has 6 nitrogen and oxygen atoms in total. The highest BCUT2D eigenvalue weighted by Crippen LogP contribution is 2.31. The predicted molar refractivity (Wildman–Crippen MR) is 100 cm³/mol. The minimum absolute atomic E-state index is 0.0486. The van der Waals surface area contributed by atoms with E-state index in [-0.39, 0.29) is 5.57 Å². The summed E-state index contributed by atoms with van der Waals surface area (Å²) >= 11 is 0. The van der Waals surface area contributed by atoms with Gasteiger partial charge in [-0.15, -0.1) is 0 Å². The Morgan fingerprint density at radius 1 is 1.04 bits per heavy atom. The first-order valence-electron chi connectivity index (χ1n) is 8.28. The number of aryl methyl sites for hydroxylation is 1. The van der Waals surface area contributed by atoms with Crippen LogP contribution >= 0.6 is 0 Å². The van der Waals surface area contributed by atoms with Crippen molar-refractivity contribution < 1.29 is 24.2 Å². The summed E-state index contributed by atoms with van der Waals surface area (Å²) in [6, 6.07) is 13.9. The number of carboxylic acids is 1. The van der Waals surface area contributed by atoms with Crippen molar-refractivity contribution in [2.24, 2.45) is 0 Å². The maximum absolute atomic E-state index is 12.5. The SMILES string of the molecule is C=C(C(=O)OC)[C@H](c1ccccc1C)[C@@H](NC(=O)c1ccccc1)C(=O)O. The van der Waals surface area contributed by atoms with Crippen LogP contribution in [0.3, 0.4) is 0 Å². The van der Waals surface area contributed by atoms with Crippen LogP contribution in [0.4, 0.5) is 0 Å².